The van der Waals surface area contributed by atoms with Gasteiger partial charge in [0.2, 0.25) is 0 Å². The largest absolute Gasteiger partial charge is 0.484 e. The van der Waals surface area contributed by atoms with Crippen LogP contribution >= 0.6 is 23.2 Å². The zero-order valence-corrected chi connectivity index (χ0v) is 17.0. The predicted octanol–water partition coefficient (Wildman–Crippen LogP) is 2.21. The van der Waals surface area contributed by atoms with E-state index < -0.39 is 6.10 Å². The Balaban J connectivity index is 1.24. The van der Waals surface area contributed by atoms with E-state index in [1.807, 2.05) is 6.92 Å². The maximum absolute atomic E-state index is 12.4. The van der Waals surface area contributed by atoms with Crippen LogP contribution in [-0.2, 0) is 14.4 Å². The summed E-state index contributed by atoms with van der Waals surface area (Å²) in [5.74, 6) is 0.603. The minimum absolute atomic E-state index is 0.0479. The second-order valence-corrected chi connectivity index (χ2v) is 8.86. The molecule has 3 N–H and O–H groups in total. The third-order valence-electron chi connectivity index (χ3n) is 5.75. The molecule has 4 aliphatic rings. The lowest BCUT2D eigenvalue weighted by Crippen LogP contribution is -2.54. The van der Waals surface area contributed by atoms with Gasteiger partial charge in [-0.1, -0.05) is 23.2 Å². The number of benzene rings is 1. The van der Waals surface area contributed by atoms with Crippen LogP contribution in [0.2, 0.25) is 10.0 Å². The molecule has 152 valence electrons. The first-order chi connectivity index (χ1) is 13.3. The highest BCUT2D eigenvalue weighted by atomic mass is 35.5. The van der Waals surface area contributed by atoms with Gasteiger partial charge < -0.3 is 15.4 Å². The molecular weight excluding hydrogens is 405 g/mol. The second-order valence-electron chi connectivity index (χ2n) is 8.04. The number of ether oxygens (including phenoxy) is 1. The number of halogens is 2. The molecule has 3 saturated carbocycles. The number of rotatable bonds is 6. The Morgan fingerprint density at radius 2 is 2.07 bits per heavy atom. The van der Waals surface area contributed by atoms with E-state index in [1.165, 1.54) is 0 Å². The topological polar surface area (TPSA) is 88.7 Å². The Labute approximate surface area is 173 Å². The van der Waals surface area contributed by atoms with Crippen molar-refractivity contribution in [3.8, 4) is 5.75 Å². The van der Waals surface area contributed by atoms with E-state index in [-0.39, 0.29) is 36.0 Å². The third-order valence-corrected chi connectivity index (χ3v) is 6.49. The highest BCUT2D eigenvalue weighted by Crippen LogP contribution is 2.52. The van der Waals surface area contributed by atoms with Gasteiger partial charge in [0.25, 0.3) is 11.8 Å². The zero-order valence-electron chi connectivity index (χ0n) is 15.5. The molecule has 1 aromatic carbocycles. The normalized spacial score (nSPS) is 33.2. The van der Waals surface area contributed by atoms with Gasteiger partial charge in [0.05, 0.1) is 10.0 Å². The van der Waals surface area contributed by atoms with Crippen molar-refractivity contribution < 1.29 is 19.2 Å². The Bertz CT molecular complexity index is 784. The summed E-state index contributed by atoms with van der Waals surface area (Å²) < 4.78 is 5.48. The highest BCUT2D eigenvalue weighted by Gasteiger charge is 2.57. The molecule has 1 aromatic rings. The quantitative estimate of drug-likeness (QED) is 0.647. The lowest BCUT2D eigenvalue weighted by molar-refractivity contribution is -0.136. The molecule has 4 fully saturated rings. The predicted molar refractivity (Wildman–Crippen MR) is 104 cm³/mol. The van der Waals surface area contributed by atoms with E-state index in [1.54, 1.807) is 18.2 Å². The molecule has 3 aliphatic carbocycles. The molecule has 1 saturated heterocycles. The summed E-state index contributed by atoms with van der Waals surface area (Å²) in [5.41, 5.74) is 2.60. The number of carbonyl (C=O) groups is 2. The van der Waals surface area contributed by atoms with E-state index in [4.69, 9.17) is 32.8 Å². The molecule has 2 bridgehead atoms. The fourth-order valence-electron chi connectivity index (χ4n) is 4.39. The zero-order chi connectivity index (χ0) is 19.9. The highest BCUT2D eigenvalue weighted by molar-refractivity contribution is 6.42. The molecule has 28 heavy (non-hydrogen) atoms. The van der Waals surface area contributed by atoms with Crippen molar-refractivity contribution in [1.82, 2.24) is 16.1 Å². The van der Waals surface area contributed by atoms with Gasteiger partial charge in [0, 0.05) is 30.1 Å². The van der Waals surface area contributed by atoms with Gasteiger partial charge in [-0.05, 0) is 44.2 Å². The lowest BCUT2D eigenvalue weighted by Gasteiger charge is -2.39. The molecule has 7 nitrogen and oxygen atoms in total. The molecular formula is C19H23Cl2N3O4. The van der Waals surface area contributed by atoms with Gasteiger partial charge in [0.1, 0.15) is 5.75 Å². The van der Waals surface area contributed by atoms with Gasteiger partial charge in [-0.25, -0.2) is 0 Å². The molecule has 2 amide bonds. The molecule has 5 rings (SSSR count). The summed E-state index contributed by atoms with van der Waals surface area (Å²) >= 11 is 11.8. The smallest absolute Gasteiger partial charge is 0.258 e. The number of nitrogens with one attached hydrogen (secondary N) is 3. The lowest BCUT2D eigenvalue weighted by atomic mass is 9.76. The van der Waals surface area contributed by atoms with Crippen LogP contribution in [0.5, 0.6) is 5.75 Å². The minimum Gasteiger partial charge on any atom is -0.484 e. The van der Waals surface area contributed by atoms with Crippen molar-refractivity contribution in [3.05, 3.63) is 28.2 Å². The van der Waals surface area contributed by atoms with Crippen molar-refractivity contribution in [2.45, 2.75) is 56.3 Å². The van der Waals surface area contributed by atoms with E-state index in [0.717, 1.165) is 19.3 Å². The monoisotopic (exact) mass is 427 g/mol. The Morgan fingerprint density at radius 1 is 1.29 bits per heavy atom. The second kappa shape index (κ2) is 7.71. The summed E-state index contributed by atoms with van der Waals surface area (Å²) in [6.45, 7) is 1.88. The van der Waals surface area contributed by atoms with E-state index in [0.29, 0.717) is 28.1 Å². The Kier molecular flexibility index (Phi) is 5.44. The van der Waals surface area contributed by atoms with Crippen molar-refractivity contribution in [3.63, 3.8) is 0 Å². The summed E-state index contributed by atoms with van der Waals surface area (Å²) in [6, 6.07) is 5.09. The summed E-state index contributed by atoms with van der Waals surface area (Å²) in [5, 5.41) is 6.98. The van der Waals surface area contributed by atoms with Crippen LogP contribution in [0.3, 0.4) is 0 Å². The van der Waals surface area contributed by atoms with Crippen LogP contribution in [0.25, 0.3) is 0 Å². The first-order valence-electron chi connectivity index (χ1n) is 9.44. The van der Waals surface area contributed by atoms with Gasteiger partial charge in [0.15, 0.2) is 12.7 Å². The number of amides is 2. The van der Waals surface area contributed by atoms with Crippen LogP contribution in [0.15, 0.2) is 18.2 Å². The Hall–Kier alpha value is -1.54. The van der Waals surface area contributed by atoms with Crippen LogP contribution in [0, 0.1) is 5.92 Å². The van der Waals surface area contributed by atoms with Crippen molar-refractivity contribution in [2.75, 3.05) is 6.61 Å². The molecule has 1 aliphatic heterocycles. The third kappa shape index (κ3) is 4.08. The summed E-state index contributed by atoms with van der Waals surface area (Å²) in [6.07, 6.45) is 2.71. The SMILES string of the molecule is CC1CC(C(=O)NC23CC(C2)[C@@H](NC(=O)COc2ccc(Cl)c(Cl)c2)C3)ON1. The fraction of sp³-hybridized carbons (Fsp3) is 0.579. The molecule has 3 atom stereocenters. The molecule has 0 radical (unpaired) electrons. The summed E-state index contributed by atoms with van der Waals surface area (Å²) in [7, 11) is 0. The molecule has 0 aromatic heterocycles. The number of hydroxylamine groups is 1. The van der Waals surface area contributed by atoms with Crippen LogP contribution in [0.4, 0.5) is 0 Å². The maximum atomic E-state index is 12.4. The van der Waals surface area contributed by atoms with Crippen LogP contribution < -0.4 is 20.9 Å². The van der Waals surface area contributed by atoms with E-state index in [9.17, 15) is 9.59 Å². The number of hydrogen-bond donors (Lipinski definition) is 3. The number of carbonyl (C=O) groups excluding carboxylic acids is 2. The number of fused-ring (bicyclic) bond motifs is 1. The number of hydrogen-bond acceptors (Lipinski definition) is 5. The van der Waals surface area contributed by atoms with Gasteiger partial charge in [-0.2, -0.15) is 5.48 Å². The van der Waals surface area contributed by atoms with Crippen molar-refractivity contribution in [1.29, 1.82) is 0 Å². The molecule has 0 spiro atoms. The van der Waals surface area contributed by atoms with Gasteiger partial charge in [-0.3, -0.25) is 14.4 Å². The van der Waals surface area contributed by atoms with Gasteiger partial charge in [-0.15, -0.1) is 0 Å². The van der Waals surface area contributed by atoms with Crippen LogP contribution in [-0.4, -0.2) is 42.1 Å². The van der Waals surface area contributed by atoms with Gasteiger partial charge >= 0.3 is 0 Å². The Morgan fingerprint density at radius 3 is 2.75 bits per heavy atom. The van der Waals surface area contributed by atoms with E-state index >= 15 is 0 Å². The molecule has 1 heterocycles. The fourth-order valence-corrected chi connectivity index (χ4v) is 4.67. The first-order valence-corrected chi connectivity index (χ1v) is 10.2. The molecule has 9 heteroatoms. The average Bonchev–Trinajstić information content (AvgIpc) is 3.28. The van der Waals surface area contributed by atoms with Crippen molar-refractivity contribution in [2.24, 2.45) is 5.92 Å². The minimum atomic E-state index is -0.448. The van der Waals surface area contributed by atoms with Crippen molar-refractivity contribution >= 4 is 35.0 Å². The average molecular weight is 428 g/mol. The maximum Gasteiger partial charge on any atom is 0.258 e. The van der Waals surface area contributed by atoms with E-state index in [2.05, 4.69) is 16.1 Å². The molecule has 2 unspecified atom stereocenters. The standard InChI is InChI=1S/C19H23Cl2N3O4/c1-10-4-16(28-24-10)18(26)23-19-6-11(7-19)15(8-19)22-17(25)9-27-12-2-3-13(20)14(21)5-12/h2-3,5,10-11,15-16,24H,4,6-9H2,1H3,(H,22,25)(H,23,26)/t10?,11?,15-,16?,19?/m0/s1. The van der Waals surface area contributed by atoms with Crippen LogP contribution in [0.1, 0.15) is 32.6 Å². The summed E-state index contributed by atoms with van der Waals surface area (Å²) in [4.78, 5) is 30.0. The first kappa shape index (κ1) is 19.8.